The number of hydrogen-bond acceptors (Lipinski definition) is 7. The number of nitrogens with zero attached hydrogens (tertiary/aromatic N) is 3. The van der Waals surface area contributed by atoms with Gasteiger partial charge in [0.1, 0.15) is 18.1 Å². The number of aliphatic hydroxyl groups excluding tert-OH is 3. The van der Waals surface area contributed by atoms with Gasteiger partial charge in [-0.05, 0) is 30.2 Å². The summed E-state index contributed by atoms with van der Waals surface area (Å²) < 4.78 is 28.4. The van der Waals surface area contributed by atoms with E-state index in [1.807, 2.05) is 0 Å². The molecule has 0 saturated heterocycles. The van der Waals surface area contributed by atoms with Crippen LogP contribution in [0.15, 0.2) is 36.8 Å². The molecule has 0 spiro atoms. The van der Waals surface area contributed by atoms with Gasteiger partial charge >= 0.3 is 0 Å². The lowest BCUT2D eigenvalue weighted by molar-refractivity contribution is -0.0265. The number of benzene rings is 1. The van der Waals surface area contributed by atoms with E-state index in [1.165, 1.54) is 19.5 Å². The lowest BCUT2D eigenvalue weighted by Crippen LogP contribution is -2.31. The third-order valence-electron chi connectivity index (χ3n) is 5.45. The Hall–Kier alpha value is -2.37. The maximum absolute atomic E-state index is 13.5. The van der Waals surface area contributed by atoms with Crippen LogP contribution >= 0.6 is 12.4 Å². The van der Waals surface area contributed by atoms with Crippen molar-refractivity contribution in [3.8, 4) is 0 Å². The first-order valence-electron chi connectivity index (χ1n) is 9.02. The van der Waals surface area contributed by atoms with Crippen molar-refractivity contribution < 1.29 is 28.9 Å². The number of rotatable bonds is 5. The molecule has 1 fully saturated rings. The molecule has 0 bridgehead atoms. The molecule has 162 valence electrons. The van der Waals surface area contributed by atoms with E-state index in [9.17, 15) is 24.1 Å². The third kappa shape index (κ3) is 3.72. The van der Waals surface area contributed by atoms with E-state index < -0.39 is 41.9 Å². The van der Waals surface area contributed by atoms with Gasteiger partial charge in [0.25, 0.3) is 0 Å². The molecular weight excluding hydrogens is 422 g/mol. The van der Waals surface area contributed by atoms with Crippen LogP contribution in [-0.4, -0.2) is 49.2 Å². The Morgan fingerprint density at radius 3 is 2.63 bits per heavy atom. The fourth-order valence-corrected chi connectivity index (χ4v) is 3.99. The quantitative estimate of drug-likeness (QED) is 0.448. The highest BCUT2D eigenvalue weighted by Crippen LogP contribution is 2.43. The minimum absolute atomic E-state index is 0. The average molecular weight is 443 g/mol. The maximum Gasteiger partial charge on any atom is 0.162 e. The maximum atomic E-state index is 13.5. The van der Waals surface area contributed by atoms with Crippen molar-refractivity contribution in [1.82, 2.24) is 14.5 Å². The minimum Gasteiger partial charge on any atom is -0.390 e. The number of anilines is 1. The van der Waals surface area contributed by atoms with Gasteiger partial charge in [-0.1, -0.05) is 6.07 Å². The molecule has 3 aromatic rings. The van der Waals surface area contributed by atoms with Crippen molar-refractivity contribution in [2.24, 2.45) is 5.92 Å². The average Bonchev–Trinajstić information content (AvgIpc) is 3.26. The summed E-state index contributed by atoms with van der Waals surface area (Å²) in [6, 6.07) is 4.24. The van der Waals surface area contributed by atoms with Crippen LogP contribution in [-0.2, 0) is 4.84 Å². The van der Waals surface area contributed by atoms with Crippen LogP contribution in [0.4, 0.5) is 14.6 Å². The molecule has 4 N–H and O–H groups in total. The molecule has 1 aromatic carbocycles. The lowest BCUT2D eigenvalue weighted by atomic mass is 9.92. The van der Waals surface area contributed by atoms with Gasteiger partial charge < -0.3 is 19.9 Å². The van der Waals surface area contributed by atoms with Crippen LogP contribution < -0.4 is 5.48 Å². The SMILES string of the molecule is CONc1ncnc2c1ccn2[C@@H]1C[C@H]([C@H](O)c2ccc(F)c(F)c2)[C@@H](O)[C@H]1O.Cl. The molecule has 2 heterocycles. The summed E-state index contributed by atoms with van der Waals surface area (Å²) in [4.78, 5) is 13.2. The highest BCUT2D eigenvalue weighted by Gasteiger charge is 2.46. The van der Waals surface area contributed by atoms with Gasteiger partial charge in [-0.15, -0.1) is 12.4 Å². The summed E-state index contributed by atoms with van der Waals surface area (Å²) >= 11 is 0. The summed E-state index contributed by atoms with van der Waals surface area (Å²) in [5.74, 6) is -2.44. The number of hydrogen-bond donors (Lipinski definition) is 4. The molecule has 1 aliphatic rings. The van der Waals surface area contributed by atoms with E-state index in [-0.39, 0.29) is 24.4 Å². The molecule has 0 amide bonds. The summed E-state index contributed by atoms with van der Waals surface area (Å²) in [5.41, 5.74) is 3.29. The number of aliphatic hydroxyl groups is 3. The molecule has 0 unspecified atom stereocenters. The minimum atomic E-state index is -1.28. The summed E-state index contributed by atoms with van der Waals surface area (Å²) in [5, 5.41) is 32.5. The summed E-state index contributed by atoms with van der Waals surface area (Å²) in [6.45, 7) is 0. The normalized spacial score (nSPS) is 24.6. The van der Waals surface area contributed by atoms with Gasteiger partial charge in [0.05, 0.1) is 30.7 Å². The molecule has 4 rings (SSSR count). The molecule has 1 saturated carbocycles. The van der Waals surface area contributed by atoms with Gasteiger partial charge in [0, 0.05) is 12.1 Å². The Kier molecular flexibility index (Phi) is 6.53. The molecule has 5 atom stereocenters. The second kappa shape index (κ2) is 8.78. The van der Waals surface area contributed by atoms with Crippen molar-refractivity contribution in [1.29, 1.82) is 0 Å². The highest BCUT2D eigenvalue weighted by atomic mass is 35.5. The van der Waals surface area contributed by atoms with Crippen LogP contribution in [0.3, 0.4) is 0 Å². The van der Waals surface area contributed by atoms with E-state index in [0.29, 0.717) is 16.9 Å². The summed E-state index contributed by atoms with van der Waals surface area (Å²) in [7, 11) is 1.45. The van der Waals surface area contributed by atoms with E-state index >= 15 is 0 Å². The topological polar surface area (TPSA) is 113 Å². The molecule has 30 heavy (non-hydrogen) atoms. The number of halogens is 3. The van der Waals surface area contributed by atoms with E-state index in [0.717, 1.165) is 12.1 Å². The van der Waals surface area contributed by atoms with Crippen molar-refractivity contribution in [3.05, 3.63) is 54.0 Å². The standard InChI is InChI=1S/C19H20F2N4O4.ClH/c1-29-24-18-10-4-5-25(19(10)23-8-22-18)14-7-11(16(27)17(14)28)15(26)9-2-3-12(20)13(21)6-9;/h2-6,8,11,14-17,26-28H,7H2,1H3,(H,22,23,24);1H/t11-,14-,15-,16-,17+;/m1./s1. The molecular formula is C19H21ClF2N4O4. The predicted octanol–water partition coefficient (Wildman–Crippen LogP) is 2.12. The first kappa shape index (κ1) is 22.3. The van der Waals surface area contributed by atoms with E-state index in [2.05, 4.69) is 15.4 Å². The second-order valence-corrected chi connectivity index (χ2v) is 7.06. The van der Waals surface area contributed by atoms with Gasteiger partial charge in [0.2, 0.25) is 0 Å². The third-order valence-corrected chi connectivity index (χ3v) is 5.45. The highest BCUT2D eigenvalue weighted by molar-refractivity contribution is 5.87. The van der Waals surface area contributed by atoms with Crippen molar-refractivity contribution in [3.63, 3.8) is 0 Å². The zero-order valence-electron chi connectivity index (χ0n) is 15.8. The van der Waals surface area contributed by atoms with Gasteiger partial charge in [-0.2, -0.15) is 0 Å². The largest absolute Gasteiger partial charge is 0.390 e. The lowest BCUT2D eigenvalue weighted by Gasteiger charge is -2.22. The Labute approximate surface area is 176 Å². The van der Waals surface area contributed by atoms with Crippen molar-refractivity contribution in [2.75, 3.05) is 12.6 Å². The molecule has 11 heteroatoms. The molecule has 0 radical (unpaired) electrons. The van der Waals surface area contributed by atoms with Crippen molar-refractivity contribution in [2.45, 2.75) is 30.8 Å². The van der Waals surface area contributed by atoms with Gasteiger partial charge in [-0.25, -0.2) is 24.2 Å². The Morgan fingerprint density at radius 2 is 1.93 bits per heavy atom. The predicted molar refractivity (Wildman–Crippen MR) is 106 cm³/mol. The Balaban J connectivity index is 0.00000256. The van der Waals surface area contributed by atoms with Crippen LogP contribution in [0.2, 0.25) is 0 Å². The van der Waals surface area contributed by atoms with Crippen LogP contribution in [0.25, 0.3) is 11.0 Å². The zero-order chi connectivity index (χ0) is 20.7. The first-order valence-corrected chi connectivity index (χ1v) is 9.02. The zero-order valence-corrected chi connectivity index (χ0v) is 16.6. The number of aromatic nitrogens is 3. The van der Waals surface area contributed by atoms with Crippen molar-refractivity contribution >= 4 is 29.3 Å². The van der Waals surface area contributed by atoms with Crippen LogP contribution in [0.5, 0.6) is 0 Å². The Morgan fingerprint density at radius 1 is 1.17 bits per heavy atom. The fraction of sp³-hybridized carbons (Fsp3) is 0.368. The molecule has 2 aromatic heterocycles. The summed E-state index contributed by atoms with van der Waals surface area (Å²) in [6.07, 6.45) is -0.493. The molecule has 1 aliphatic carbocycles. The second-order valence-electron chi connectivity index (χ2n) is 7.06. The molecule has 0 aliphatic heterocycles. The van der Waals surface area contributed by atoms with E-state index in [1.54, 1.807) is 16.8 Å². The fourth-order valence-electron chi connectivity index (χ4n) is 3.99. The monoisotopic (exact) mass is 442 g/mol. The van der Waals surface area contributed by atoms with Gasteiger partial charge in [0.15, 0.2) is 17.5 Å². The van der Waals surface area contributed by atoms with Crippen LogP contribution in [0, 0.1) is 17.6 Å². The molecule has 8 nitrogen and oxygen atoms in total. The first-order chi connectivity index (χ1) is 13.9. The van der Waals surface area contributed by atoms with Crippen LogP contribution in [0.1, 0.15) is 24.1 Å². The number of fused-ring (bicyclic) bond motifs is 1. The smallest absolute Gasteiger partial charge is 0.162 e. The Bertz CT molecular complexity index is 1040. The number of nitrogens with one attached hydrogen (secondary N) is 1. The van der Waals surface area contributed by atoms with Gasteiger partial charge in [-0.3, -0.25) is 4.84 Å². The van der Waals surface area contributed by atoms with E-state index in [4.69, 9.17) is 4.84 Å².